The van der Waals surface area contributed by atoms with Gasteiger partial charge in [-0.1, -0.05) is 23.3 Å². The predicted molar refractivity (Wildman–Crippen MR) is 80.1 cm³/mol. The summed E-state index contributed by atoms with van der Waals surface area (Å²) in [6.07, 6.45) is 3.37. The van der Waals surface area contributed by atoms with Crippen molar-refractivity contribution >= 4 is 18.1 Å². The van der Waals surface area contributed by atoms with E-state index in [0.29, 0.717) is 17.5 Å². The number of para-hydroxylation sites is 1. The summed E-state index contributed by atoms with van der Waals surface area (Å²) in [5, 5.41) is 29.5. The standard InChI is InChI=1S/C13H12N6O4/c1-2-4-8-5-3-6-9(10(8)20)7-14-17-12(21)11-15-13(18-16-11)19(22)23/h2-3,5-7,20H,1,4H2,(H,17,21)(H,15,16,18). The number of carbonyl (C=O) groups excluding carboxylic acids is 1. The molecule has 0 aliphatic heterocycles. The zero-order chi connectivity index (χ0) is 16.8. The van der Waals surface area contributed by atoms with E-state index in [4.69, 9.17) is 0 Å². The van der Waals surface area contributed by atoms with Gasteiger partial charge in [-0.25, -0.2) is 5.43 Å². The Balaban J connectivity index is 2.06. The maximum atomic E-state index is 11.7. The number of phenolic OH excluding ortho intramolecular Hbond substituents is 1. The fourth-order valence-electron chi connectivity index (χ4n) is 1.68. The first kappa shape index (κ1) is 15.8. The number of hydrogen-bond donors (Lipinski definition) is 3. The Morgan fingerprint density at radius 2 is 2.35 bits per heavy atom. The van der Waals surface area contributed by atoms with Crippen LogP contribution in [-0.4, -0.2) is 37.3 Å². The number of H-pyrrole nitrogens is 1. The summed E-state index contributed by atoms with van der Waals surface area (Å²) in [5.74, 6) is -1.86. The Labute approximate surface area is 129 Å². The van der Waals surface area contributed by atoms with Gasteiger partial charge in [0.25, 0.3) is 0 Å². The molecule has 2 aromatic rings. The number of benzene rings is 1. The summed E-state index contributed by atoms with van der Waals surface area (Å²) in [4.78, 5) is 24.7. The lowest BCUT2D eigenvalue weighted by Gasteiger charge is -2.04. The average molecular weight is 316 g/mol. The summed E-state index contributed by atoms with van der Waals surface area (Å²) in [5.41, 5.74) is 3.17. The molecule has 0 unspecified atom stereocenters. The minimum Gasteiger partial charge on any atom is -0.507 e. The lowest BCUT2D eigenvalue weighted by molar-refractivity contribution is -0.394. The highest BCUT2D eigenvalue weighted by Crippen LogP contribution is 2.21. The van der Waals surface area contributed by atoms with Crippen molar-refractivity contribution in [3.8, 4) is 5.75 Å². The third-order valence-electron chi connectivity index (χ3n) is 2.73. The lowest BCUT2D eigenvalue weighted by Crippen LogP contribution is -2.19. The van der Waals surface area contributed by atoms with Crippen LogP contribution in [0.5, 0.6) is 5.75 Å². The third kappa shape index (κ3) is 3.75. The SMILES string of the molecule is C=CCc1cccc(C=NNC(=O)c2n[nH]c([N+](=O)[O-])n2)c1O. The smallest absolute Gasteiger partial charge is 0.454 e. The molecule has 10 nitrogen and oxygen atoms in total. The van der Waals surface area contributed by atoms with E-state index in [0.717, 1.165) is 0 Å². The highest BCUT2D eigenvalue weighted by Gasteiger charge is 2.20. The highest BCUT2D eigenvalue weighted by atomic mass is 16.6. The molecule has 0 aliphatic carbocycles. The number of allylic oxidation sites excluding steroid dienone is 1. The van der Waals surface area contributed by atoms with Crippen LogP contribution in [0.2, 0.25) is 0 Å². The third-order valence-corrected chi connectivity index (χ3v) is 2.73. The molecule has 23 heavy (non-hydrogen) atoms. The van der Waals surface area contributed by atoms with Gasteiger partial charge in [0.05, 0.1) is 6.21 Å². The quantitative estimate of drug-likeness (QED) is 0.312. The van der Waals surface area contributed by atoms with Crippen molar-refractivity contribution in [1.29, 1.82) is 0 Å². The molecule has 1 aromatic carbocycles. The molecule has 0 saturated heterocycles. The second-order valence-electron chi connectivity index (χ2n) is 4.29. The maximum Gasteiger partial charge on any atom is 0.454 e. The number of carbonyl (C=O) groups is 1. The summed E-state index contributed by atoms with van der Waals surface area (Å²) in [7, 11) is 0. The first-order chi connectivity index (χ1) is 11.0. The number of hydrogen-bond acceptors (Lipinski definition) is 7. The van der Waals surface area contributed by atoms with E-state index in [1.165, 1.54) is 6.21 Å². The number of phenols is 1. The molecule has 1 aromatic heterocycles. The van der Waals surface area contributed by atoms with Crippen LogP contribution in [0.15, 0.2) is 36.0 Å². The Kier molecular flexibility index (Phi) is 4.77. The second kappa shape index (κ2) is 6.93. The normalized spacial score (nSPS) is 10.6. The van der Waals surface area contributed by atoms with Crippen molar-refractivity contribution in [3.63, 3.8) is 0 Å². The van der Waals surface area contributed by atoms with E-state index in [9.17, 15) is 20.0 Å². The number of nitrogens with zero attached hydrogens (tertiary/aromatic N) is 4. The Hall–Kier alpha value is -3.56. The number of rotatable bonds is 6. The van der Waals surface area contributed by atoms with E-state index in [1.807, 2.05) is 5.10 Å². The average Bonchev–Trinajstić information content (AvgIpc) is 3.01. The molecule has 0 saturated carbocycles. The number of amides is 1. The molecule has 0 atom stereocenters. The number of hydrazone groups is 1. The number of nitro groups is 1. The van der Waals surface area contributed by atoms with Crippen molar-refractivity contribution in [3.05, 3.63) is 57.9 Å². The van der Waals surface area contributed by atoms with Gasteiger partial charge in [0.2, 0.25) is 0 Å². The van der Waals surface area contributed by atoms with Gasteiger partial charge in [-0.15, -0.1) is 11.7 Å². The van der Waals surface area contributed by atoms with Crippen LogP contribution < -0.4 is 5.43 Å². The molecular formula is C13H12N6O4. The van der Waals surface area contributed by atoms with Crippen LogP contribution in [0.1, 0.15) is 21.7 Å². The van der Waals surface area contributed by atoms with Gasteiger partial charge in [0.15, 0.2) is 0 Å². The monoisotopic (exact) mass is 316 g/mol. The molecule has 118 valence electrons. The van der Waals surface area contributed by atoms with E-state index in [2.05, 4.69) is 27.2 Å². The van der Waals surface area contributed by atoms with Crippen LogP contribution in [-0.2, 0) is 6.42 Å². The number of nitrogens with one attached hydrogen (secondary N) is 2. The molecule has 3 N–H and O–H groups in total. The van der Waals surface area contributed by atoms with Gasteiger partial charge in [-0.05, 0) is 28.0 Å². The van der Waals surface area contributed by atoms with Crippen LogP contribution in [0, 0.1) is 10.1 Å². The molecule has 10 heteroatoms. The van der Waals surface area contributed by atoms with E-state index >= 15 is 0 Å². The van der Waals surface area contributed by atoms with Crippen molar-refractivity contribution in [1.82, 2.24) is 20.6 Å². The highest BCUT2D eigenvalue weighted by molar-refractivity contribution is 5.92. The molecule has 0 fully saturated rings. The van der Waals surface area contributed by atoms with E-state index in [1.54, 1.807) is 24.3 Å². The topological polar surface area (TPSA) is 146 Å². The fourth-order valence-corrected chi connectivity index (χ4v) is 1.68. The van der Waals surface area contributed by atoms with E-state index < -0.39 is 22.6 Å². The molecule has 0 aliphatic rings. The second-order valence-corrected chi connectivity index (χ2v) is 4.29. The largest absolute Gasteiger partial charge is 0.507 e. The zero-order valence-corrected chi connectivity index (χ0v) is 11.8. The minimum atomic E-state index is -0.827. The Bertz CT molecular complexity index is 783. The number of aromatic nitrogens is 3. The lowest BCUT2D eigenvalue weighted by atomic mass is 10.1. The molecular weight excluding hydrogens is 304 g/mol. The zero-order valence-electron chi connectivity index (χ0n) is 11.8. The van der Waals surface area contributed by atoms with Crippen molar-refractivity contribution in [2.24, 2.45) is 5.10 Å². The van der Waals surface area contributed by atoms with Crippen LogP contribution in [0.4, 0.5) is 5.95 Å². The predicted octanol–water partition coefficient (Wildman–Crippen LogP) is 0.911. The van der Waals surface area contributed by atoms with E-state index in [-0.39, 0.29) is 5.75 Å². The molecule has 0 radical (unpaired) electrons. The van der Waals surface area contributed by atoms with Crippen LogP contribution in [0.3, 0.4) is 0 Å². The molecule has 1 heterocycles. The molecule has 0 bridgehead atoms. The molecule has 2 rings (SSSR count). The maximum absolute atomic E-state index is 11.7. The van der Waals surface area contributed by atoms with Gasteiger partial charge in [0, 0.05) is 5.56 Å². The Morgan fingerprint density at radius 1 is 1.57 bits per heavy atom. The number of aromatic amines is 1. The Morgan fingerprint density at radius 3 is 3.00 bits per heavy atom. The first-order valence-electron chi connectivity index (χ1n) is 6.35. The molecule has 0 spiro atoms. The van der Waals surface area contributed by atoms with Gasteiger partial charge in [-0.3, -0.25) is 4.79 Å². The summed E-state index contributed by atoms with van der Waals surface area (Å²) < 4.78 is 0. The van der Waals surface area contributed by atoms with Gasteiger partial charge in [-0.2, -0.15) is 5.10 Å². The minimum absolute atomic E-state index is 0.0268. The van der Waals surface area contributed by atoms with Crippen LogP contribution in [0.25, 0.3) is 0 Å². The van der Waals surface area contributed by atoms with Gasteiger partial charge in [0.1, 0.15) is 5.75 Å². The van der Waals surface area contributed by atoms with Crippen molar-refractivity contribution < 1.29 is 14.8 Å². The first-order valence-corrected chi connectivity index (χ1v) is 6.35. The summed E-state index contributed by atoms with van der Waals surface area (Å²) >= 11 is 0. The van der Waals surface area contributed by atoms with Gasteiger partial charge >= 0.3 is 17.7 Å². The van der Waals surface area contributed by atoms with Gasteiger partial charge < -0.3 is 15.2 Å². The summed E-state index contributed by atoms with van der Waals surface area (Å²) in [6, 6.07) is 5.06. The number of aromatic hydroxyl groups is 1. The fraction of sp³-hybridized carbons (Fsp3) is 0.0769. The van der Waals surface area contributed by atoms with Crippen molar-refractivity contribution in [2.45, 2.75) is 6.42 Å². The summed E-state index contributed by atoms with van der Waals surface area (Å²) in [6.45, 7) is 3.59. The molecule has 1 amide bonds. The van der Waals surface area contributed by atoms with Crippen LogP contribution >= 0.6 is 0 Å². The van der Waals surface area contributed by atoms with Crippen molar-refractivity contribution in [2.75, 3.05) is 0 Å².